The number of aromatic nitrogens is 2. The van der Waals surface area contributed by atoms with Crippen molar-refractivity contribution >= 4 is 44.0 Å². The van der Waals surface area contributed by atoms with E-state index in [0.29, 0.717) is 25.3 Å². The molecule has 0 radical (unpaired) electrons. The van der Waals surface area contributed by atoms with Crippen LogP contribution in [0.4, 0.5) is 15.2 Å². The second-order valence-corrected chi connectivity index (χ2v) is 8.72. The van der Waals surface area contributed by atoms with Gasteiger partial charge in [0.15, 0.2) is 0 Å². The highest BCUT2D eigenvalue weighted by molar-refractivity contribution is 7.93. The monoisotopic (exact) mass is 464 g/mol. The van der Waals surface area contributed by atoms with Gasteiger partial charge in [0.2, 0.25) is 5.13 Å². The van der Waals surface area contributed by atoms with Gasteiger partial charge in [-0.3, -0.25) is 4.72 Å². The van der Waals surface area contributed by atoms with Crippen LogP contribution in [0.25, 0.3) is 0 Å². The molecule has 2 rings (SSSR count). The molecule has 0 aliphatic heterocycles. The van der Waals surface area contributed by atoms with E-state index in [0.717, 1.165) is 42.8 Å². The number of nitrogens with zero attached hydrogens (tertiary/aromatic N) is 2. The molecular weight excluding hydrogens is 443 g/mol. The summed E-state index contributed by atoms with van der Waals surface area (Å²) in [7, 11) is -4.17. The Hall–Kier alpha value is -1.99. The Bertz CT molecular complexity index is 912. The minimum absolute atomic E-state index is 0.0303. The molecule has 160 valence electrons. The predicted molar refractivity (Wildman–Crippen MR) is 112 cm³/mol. The number of benzene rings is 1. The van der Waals surface area contributed by atoms with Gasteiger partial charge in [-0.05, 0) is 37.6 Å². The molecule has 0 aliphatic rings. The van der Waals surface area contributed by atoms with Crippen molar-refractivity contribution in [2.75, 3.05) is 29.7 Å². The zero-order valence-corrected chi connectivity index (χ0v) is 17.7. The van der Waals surface area contributed by atoms with Crippen molar-refractivity contribution in [2.24, 2.45) is 5.73 Å². The highest BCUT2D eigenvalue weighted by Crippen LogP contribution is 2.29. The van der Waals surface area contributed by atoms with E-state index >= 15 is 0 Å². The average Bonchev–Trinajstić information content (AvgIpc) is 3.17. The topological polar surface area (TPSA) is 142 Å². The molecule has 0 fully saturated rings. The van der Waals surface area contributed by atoms with Gasteiger partial charge >= 0.3 is 0 Å². The minimum atomic E-state index is -4.17. The van der Waals surface area contributed by atoms with E-state index in [1.54, 1.807) is 6.08 Å². The van der Waals surface area contributed by atoms with Crippen molar-refractivity contribution in [1.82, 2.24) is 14.7 Å². The maximum atomic E-state index is 14.4. The van der Waals surface area contributed by atoms with E-state index in [9.17, 15) is 12.8 Å². The lowest BCUT2D eigenvalue weighted by Gasteiger charge is -2.13. The van der Waals surface area contributed by atoms with Gasteiger partial charge in [0, 0.05) is 30.7 Å². The number of halogens is 2. The van der Waals surface area contributed by atoms with Gasteiger partial charge in [-0.15, -0.1) is 0 Å². The fraction of sp³-hybridized carbons (Fsp3) is 0.375. The summed E-state index contributed by atoms with van der Waals surface area (Å²) in [5.74, 6) is -0.933. The summed E-state index contributed by atoms with van der Waals surface area (Å²) in [6.45, 7) is 1.57. The number of sulfonamides is 1. The summed E-state index contributed by atoms with van der Waals surface area (Å²) >= 11 is 6.95. The molecule has 13 heteroatoms. The van der Waals surface area contributed by atoms with Gasteiger partial charge in [-0.2, -0.15) is 4.37 Å². The summed E-state index contributed by atoms with van der Waals surface area (Å²) in [6.07, 6.45) is 5.27. The van der Waals surface area contributed by atoms with Crippen LogP contribution in [0.3, 0.4) is 0 Å². The largest absolute Gasteiger partial charge is 0.516 e. The van der Waals surface area contributed by atoms with Crippen LogP contribution in [0.5, 0.6) is 0 Å². The van der Waals surface area contributed by atoms with Crippen molar-refractivity contribution in [1.29, 1.82) is 0 Å². The van der Waals surface area contributed by atoms with E-state index < -0.39 is 20.7 Å². The fourth-order valence-electron chi connectivity index (χ4n) is 2.35. The molecule has 1 unspecified atom stereocenters. The van der Waals surface area contributed by atoms with Crippen LogP contribution in [-0.4, -0.2) is 48.6 Å². The Morgan fingerprint density at radius 1 is 1.34 bits per heavy atom. The van der Waals surface area contributed by atoms with Gasteiger partial charge < -0.3 is 21.5 Å². The zero-order valence-electron chi connectivity index (χ0n) is 15.3. The number of aliphatic hydroxyl groups is 1. The Morgan fingerprint density at radius 3 is 2.76 bits per heavy atom. The third kappa shape index (κ3) is 7.08. The Balaban J connectivity index is 1.89. The van der Waals surface area contributed by atoms with Crippen molar-refractivity contribution in [2.45, 2.75) is 23.8 Å². The lowest BCUT2D eigenvalue weighted by atomic mass is 10.2. The van der Waals surface area contributed by atoms with Gasteiger partial charge in [-0.25, -0.2) is 17.8 Å². The number of nitrogens with one attached hydrogen (secondary N) is 3. The molecule has 6 N–H and O–H groups in total. The first-order valence-corrected chi connectivity index (χ1v) is 11.3. The molecule has 1 aromatic heterocycles. The Labute approximate surface area is 177 Å². The summed E-state index contributed by atoms with van der Waals surface area (Å²) in [5, 5.41) is 15.0. The van der Waals surface area contributed by atoms with Crippen LogP contribution >= 0.6 is 23.1 Å². The molecule has 1 heterocycles. The Morgan fingerprint density at radius 2 is 2.10 bits per heavy atom. The van der Waals surface area contributed by atoms with Crippen LogP contribution in [0, 0.1) is 5.82 Å². The predicted octanol–water partition coefficient (Wildman–Crippen LogP) is 2.31. The highest BCUT2D eigenvalue weighted by Gasteiger charge is 2.22. The van der Waals surface area contributed by atoms with Crippen LogP contribution in [-0.2, 0) is 10.0 Å². The Kier molecular flexibility index (Phi) is 9.04. The molecule has 0 aliphatic carbocycles. The molecule has 0 amide bonds. The first-order chi connectivity index (χ1) is 13.9. The summed E-state index contributed by atoms with van der Waals surface area (Å²) < 4.78 is 44.8. The third-order valence-electron chi connectivity index (χ3n) is 3.79. The van der Waals surface area contributed by atoms with E-state index in [2.05, 4.69) is 24.7 Å². The molecule has 0 spiro atoms. The SMILES string of the molecule is NCC(/C=C/O)NCCCCNc1cc(F)c(S(=O)(=O)Nc2ncns2)cc1Cl. The van der Waals surface area contributed by atoms with Crippen LogP contribution in [0.15, 0.2) is 35.7 Å². The second kappa shape index (κ2) is 11.3. The first-order valence-electron chi connectivity index (χ1n) is 8.64. The quantitative estimate of drug-likeness (QED) is 0.238. The third-order valence-corrected chi connectivity index (χ3v) is 6.17. The number of rotatable bonds is 12. The number of unbranched alkanes of at least 4 members (excludes halogenated alkanes) is 1. The lowest BCUT2D eigenvalue weighted by molar-refractivity contribution is 0.462. The van der Waals surface area contributed by atoms with E-state index in [1.165, 1.54) is 6.33 Å². The molecule has 1 aromatic carbocycles. The molecule has 2 aromatic rings. The van der Waals surface area contributed by atoms with E-state index in [4.69, 9.17) is 22.4 Å². The summed E-state index contributed by atoms with van der Waals surface area (Å²) in [6, 6.07) is 2.00. The van der Waals surface area contributed by atoms with E-state index in [-0.39, 0.29) is 16.2 Å². The van der Waals surface area contributed by atoms with Gasteiger partial charge in [0.05, 0.1) is 17.0 Å². The molecule has 29 heavy (non-hydrogen) atoms. The van der Waals surface area contributed by atoms with Crippen molar-refractivity contribution in [3.63, 3.8) is 0 Å². The number of anilines is 2. The fourth-order valence-corrected chi connectivity index (χ4v) is 4.40. The van der Waals surface area contributed by atoms with Crippen molar-refractivity contribution < 1.29 is 17.9 Å². The van der Waals surface area contributed by atoms with E-state index in [1.807, 2.05) is 0 Å². The molecule has 0 saturated heterocycles. The maximum absolute atomic E-state index is 14.4. The zero-order chi connectivity index (χ0) is 21.3. The van der Waals surface area contributed by atoms with Crippen LogP contribution in [0.2, 0.25) is 5.02 Å². The number of aliphatic hydroxyl groups excluding tert-OH is 1. The summed E-state index contributed by atoms with van der Waals surface area (Å²) in [5.41, 5.74) is 5.85. The standard InChI is InChI=1S/C16H22ClFN6O3S2/c17-12-7-15(29(26,27)24-16-22-10-23-28-16)13(18)8-14(12)21-5-2-1-4-20-11(9-19)3-6-25/h3,6-8,10-11,20-21,25H,1-2,4-5,9,19H2,(H,22,23,24)/b6-3+. The highest BCUT2D eigenvalue weighted by atomic mass is 35.5. The summed E-state index contributed by atoms with van der Waals surface area (Å²) in [4.78, 5) is 3.14. The van der Waals surface area contributed by atoms with Gasteiger partial charge in [0.1, 0.15) is 17.0 Å². The second-order valence-electron chi connectivity index (χ2n) is 5.89. The molecule has 9 nitrogen and oxygen atoms in total. The van der Waals surface area contributed by atoms with Crippen molar-refractivity contribution in [3.05, 3.63) is 41.6 Å². The number of hydrogen-bond donors (Lipinski definition) is 5. The molecular formula is C16H22ClFN6O3S2. The van der Waals surface area contributed by atoms with Crippen LogP contribution in [0.1, 0.15) is 12.8 Å². The number of nitrogens with two attached hydrogens (primary N) is 1. The molecule has 0 saturated carbocycles. The van der Waals surface area contributed by atoms with Crippen molar-refractivity contribution in [3.8, 4) is 0 Å². The smallest absolute Gasteiger partial charge is 0.266 e. The maximum Gasteiger partial charge on any atom is 0.266 e. The molecule has 0 bridgehead atoms. The number of hydrogen-bond acceptors (Lipinski definition) is 9. The lowest BCUT2D eigenvalue weighted by Crippen LogP contribution is -2.35. The van der Waals surface area contributed by atoms with Crippen LogP contribution < -0.4 is 21.1 Å². The molecule has 1 atom stereocenters. The first kappa shape index (κ1) is 23.3. The normalized spacial score (nSPS) is 12.9. The van der Waals surface area contributed by atoms with Gasteiger partial charge in [-0.1, -0.05) is 11.6 Å². The minimum Gasteiger partial charge on any atom is -0.516 e. The van der Waals surface area contributed by atoms with Gasteiger partial charge in [0.25, 0.3) is 10.0 Å². The average molecular weight is 465 g/mol.